The number of halogens is 2. The van der Waals surface area contributed by atoms with Crippen LogP contribution in [-0.4, -0.2) is 0 Å². The van der Waals surface area contributed by atoms with Crippen LogP contribution in [0.4, 0.5) is 0 Å². The minimum Gasteiger partial charge on any atom is -0.0823 e. The van der Waals surface area contributed by atoms with Crippen molar-refractivity contribution in [3.8, 4) is 0 Å². The lowest BCUT2D eigenvalue weighted by Gasteiger charge is -2.06. The summed E-state index contributed by atoms with van der Waals surface area (Å²) in [6.07, 6.45) is 0. The molecular weight excluding hydrogens is 304 g/mol. The maximum atomic E-state index is 3.73. The van der Waals surface area contributed by atoms with E-state index in [0.29, 0.717) is 9.65 Å². The van der Waals surface area contributed by atoms with E-state index >= 15 is 0 Å². The molecule has 0 fully saturated rings. The molecule has 0 amide bonds. The van der Waals surface area contributed by atoms with E-state index in [9.17, 15) is 0 Å². The van der Waals surface area contributed by atoms with Gasteiger partial charge in [-0.15, -0.1) is 0 Å². The molecule has 0 aromatic heterocycles. The van der Waals surface area contributed by atoms with Gasteiger partial charge in [-0.05, 0) is 21.9 Å². The van der Waals surface area contributed by atoms with Crippen molar-refractivity contribution in [3.63, 3.8) is 0 Å². The molecule has 14 heavy (non-hydrogen) atoms. The number of benzene rings is 2. The maximum absolute atomic E-state index is 3.73. The van der Waals surface area contributed by atoms with Crippen LogP contribution in [0.15, 0.2) is 36.4 Å². The van der Waals surface area contributed by atoms with Crippen LogP contribution in [0.2, 0.25) is 0 Å². The Morgan fingerprint density at radius 1 is 0.786 bits per heavy atom. The Morgan fingerprint density at radius 3 is 1.79 bits per heavy atom. The Labute approximate surface area is 99.6 Å². The van der Waals surface area contributed by atoms with E-state index in [0.717, 1.165) is 0 Å². The average Bonchev–Trinajstić information content (AvgIpc) is 2.47. The van der Waals surface area contributed by atoms with E-state index in [1.165, 1.54) is 21.9 Å². The van der Waals surface area contributed by atoms with Gasteiger partial charge in [-0.25, -0.2) is 0 Å². The Morgan fingerprint density at radius 2 is 1.29 bits per heavy atom. The summed E-state index contributed by atoms with van der Waals surface area (Å²) in [5.41, 5.74) is 2.81. The summed E-state index contributed by atoms with van der Waals surface area (Å²) >= 11 is 7.46. The van der Waals surface area contributed by atoms with Crippen LogP contribution in [0.25, 0.3) is 10.8 Å². The smallest absolute Gasteiger partial charge is 0.0567 e. The molecule has 0 heterocycles. The van der Waals surface area contributed by atoms with Crippen molar-refractivity contribution in [2.75, 3.05) is 0 Å². The zero-order chi connectivity index (χ0) is 9.71. The van der Waals surface area contributed by atoms with Crippen molar-refractivity contribution in [3.05, 3.63) is 47.5 Å². The van der Waals surface area contributed by atoms with E-state index in [1.54, 1.807) is 0 Å². The van der Waals surface area contributed by atoms with Gasteiger partial charge in [0.05, 0.1) is 9.65 Å². The zero-order valence-electron chi connectivity index (χ0n) is 7.37. The average molecular weight is 312 g/mol. The van der Waals surface area contributed by atoms with Crippen LogP contribution >= 0.6 is 31.9 Å². The van der Waals surface area contributed by atoms with E-state index < -0.39 is 0 Å². The third-order valence-corrected chi connectivity index (χ3v) is 5.57. The molecule has 0 nitrogen and oxygen atoms in total. The SMILES string of the molecule is Br[C@H]1c2cccc3cccc(c23)[C@@H]1Br. The second-order valence-corrected chi connectivity index (χ2v) is 5.57. The molecule has 3 rings (SSSR count). The Balaban J connectivity index is 2.49. The highest BCUT2D eigenvalue weighted by Crippen LogP contribution is 2.52. The molecule has 0 bridgehead atoms. The Kier molecular flexibility index (Phi) is 1.96. The standard InChI is InChI=1S/C12H8Br2/c13-11-8-5-1-3-7-4-2-6-9(10(7)8)12(11)14/h1-6,11-12H/t11-,12-/m0/s1. The number of hydrogen-bond donors (Lipinski definition) is 0. The minimum atomic E-state index is 0.406. The van der Waals surface area contributed by atoms with Crippen molar-refractivity contribution in [2.45, 2.75) is 9.65 Å². The fourth-order valence-electron chi connectivity index (χ4n) is 2.17. The lowest BCUT2D eigenvalue weighted by molar-refractivity contribution is 0.999. The van der Waals surface area contributed by atoms with Gasteiger partial charge in [0.15, 0.2) is 0 Å². The molecule has 0 saturated carbocycles. The Hall–Kier alpha value is -0.340. The first kappa shape index (κ1) is 8.93. The van der Waals surface area contributed by atoms with Crippen LogP contribution in [0.5, 0.6) is 0 Å². The molecular formula is C12H8Br2. The van der Waals surface area contributed by atoms with E-state index in [4.69, 9.17) is 0 Å². The van der Waals surface area contributed by atoms with Crippen LogP contribution < -0.4 is 0 Å². The lowest BCUT2D eigenvalue weighted by atomic mass is 10.1. The van der Waals surface area contributed by atoms with E-state index in [-0.39, 0.29) is 0 Å². The fourth-order valence-corrected chi connectivity index (χ4v) is 3.51. The molecule has 0 spiro atoms. The van der Waals surface area contributed by atoms with Gasteiger partial charge in [-0.3, -0.25) is 0 Å². The Bertz CT molecular complexity index is 462. The zero-order valence-corrected chi connectivity index (χ0v) is 10.5. The number of rotatable bonds is 0. The topological polar surface area (TPSA) is 0 Å². The van der Waals surface area contributed by atoms with E-state index in [1.807, 2.05) is 0 Å². The highest BCUT2D eigenvalue weighted by molar-refractivity contribution is 9.12. The third-order valence-electron chi connectivity index (χ3n) is 2.82. The molecule has 2 aromatic carbocycles. The molecule has 2 heteroatoms. The summed E-state index contributed by atoms with van der Waals surface area (Å²) in [7, 11) is 0. The van der Waals surface area contributed by atoms with E-state index in [2.05, 4.69) is 68.3 Å². The first-order valence-corrected chi connectivity index (χ1v) is 6.42. The van der Waals surface area contributed by atoms with Crippen molar-refractivity contribution in [2.24, 2.45) is 0 Å². The summed E-state index contributed by atoms with van der Waals surface area (Å²) < 4.78 is 0. The minimum absolute atomic E-state index is 0.406. The molecule has 1 aliphatic rings. The van der Waals surface area contributed by atoms with Gasteiger partial charge < -0.3 is 0 Å². The predicted octanol–water partition coefficient (Wildman–Crippen LogP) is 4.73. The molecule has 2 atom stereocenters. The van der Waals surface area contributed by atoms with Gasteiger partial charge in [0.25, 0.3) is 0 Å². The summed E-state index contributed by atoms with van der Waals surface area (Å²) in [6, 6.07) is 13.0. The fraction of sp³-hybridized carbons (Fsp3) is 0.167. The quantitative estimate of drug-likeness (QED) is 0.617. The largest absolute Gasteiger partial charge is 0.0823 e. The summed E-state index contributed by atoms with van der Waals surface area (Å²) in [5.74, 6) is 0. The van der Waals surface area contributed by atoms with Gasteiger partial charge in [-0.2, -0.15) is 0 Å². The van der Waals surface area contributed by atoms with Crippen LogP contribution in [-0.2, 0) is 0 Å². The molecule has 0 N–H and O–H groups in total. The first-order valence-electron chi connectivity index (χ1n) is 4.59. The molecule has 0 radical (unpaired) electrons. The normalized spacial score (nSPS) is 24.4. The first-order chi connectivity index (χ1) is 6.79. The highest BCUT2D eigenvalue weighted by Gasteiger charge is 2.29. The third kappa shape index (κ3) is 1.04. The molecule has 70 valence electrons. The summed E-state index contributed by atoms with van der Waals surface area (Å²) in [5, 5.41) is 2.75. The maximum Gasteiger partial charge on any atom is 0.0567 e. The molecule has 0 unspecified atom stereocenters. The van der Waals surface area contributed by atoms with Gasteiger partial charge in [-0.1, -0.05) is 68.3 Å². The number of hydrogen-bond acceptors (Lipinski definition) is 0. The second kappa shape index (κ2) is 3.07. The van der Waals surface area contributed by atoms with Gasteiger partial charge in [0, 0.05) is 0 Å². The van der Waals surface area contributed by atoms with Crippen LogP contribution in [0.3, 0.4) is 0 Å². The van der Waals surface area contributed by atoms with Gasteiger partial charge in [0.1, 0.15) is 0 Å². The second-order valence-electron chi connectivity index (χ2n) is 3.60. The predicted molar refractivity (Wildman–Crippen MR) is 67.3 cm³/mol. The van der Waals surface area contributed by atoms with Crippen molar-refractivity contribution in [1.29, 1.82) is 0 Å². The van der Waals surface area contributed by atoms with Gasteiger partial charge >= 0.3 is 0 Å². The molecule has 0 saturated heterocycles. The molecule has 0 aliphatic heterocycles. The van der Waals surface area contributed by atoms with Crippen molar-refractivity contribution in [1.82, 2.24) is 0 Å². The summed E-state index contributed by atoms with van der Waals surface area (Å²) in [4.78, 5) is 0.812. The molecule has 1 aliphatic carbocycles. The highest BCUT2D eigenvalue weighted by atomic mass is 79.9. The van der Waals surface area contributed by atoms with Gasteiger partial charge in [0.2, 0.25) is 0 Å². The summed E-state index contributed by atoms with van der Waals surface area (Å²) in [6.45, 7) is 0. The van der Waals surface area contributed by atoms with Crippen LogP contribution in [0.1, 0.15) is 20.8 Å². The van der Waals surface area contributed by atoms with Crippen molar-refractivity contribution < 1.29 is 0 Å². The molecule has 2 aromatic rings. The monoisotopic (exact) mass is 310 g/mol. The van der Waals surface area contributed by atoms with Crippen LogP contribution in [0, 0.1) is 0 Å². The number of alkyl halides is 2. The lowest BCUT2D eigenvalue weighted by Crippen LogP contribution is -1.87. The van der Waals surface area contributed by atoms with Crippen molar-refractivity contribution >= 4 is 42.6 Å².